The van der Waals surface area contributed by atoms with Crippen LogP contribution in [0.25, 0.3) is 22.3 Å². The van der Waals surface area contributed by atoms with Gasteiger partial charge in [0.15, 0.2) is 0 Å². The van der Waals surface area contributed by atoms with Crippen LogP contribution in [0.5, 0.6) is 5.75 Å². The highest BCUT2D eigenvalue weighted by Crippen LogP contribution is 2.41. The molecular formula is C33H36ClFN4O6. The van der Waals surface area contributed by atoms with Gasteiger partial charge in [0, 0.05) is 56.2 Å². The molecular weight excluding hydrogens is 603 g/mol. The third-order valence-corrected chi connectivity index (χ3v) is 8.85. The molecule has 2 aliphatic heterocycles. The first-order chi connectivity index (χ1) is 21.5. The molecule has 0 spiro atoms. The van der Waals surface area contributed by atoms with E-state index in [0.717, 1.165) is 10.5 Å². The van der Waals surface area contributed by atoms with Crippen LogP contribution in [-0.2, 0) is 20.9 Å². The fourth-order valence-electron chi connectivity index (χ4n) is 5.73. The van der Waals surface area contributed by atoms with Crippen molar-refractivity contribution in [2.24, 2.45) is 5.92 Å². The Kier molecular flexibility index (Phi) is 9.73. The Hall–Kier alpha value is -4.03. The van der Waals surface area contributed by atoms with Crippen molar-refractivity contribution in [3.05, 3.63) is 70.5 Å². The fraction of sp³-hybridized carbons (Fsp3) is 0.364. The molecule has 0 saturated carbocycles. The summed E-state index contributed by atoms with van der Waals surface area (Å²) in [6, 6.07) is 13.2. The van der Waals surface area contributed by atoms with Gasteiger partial charge < -0.3 is 30.1 Å². The summed E-state index contributed by atoms with van der Waals surface area (Å²) in [6.45, 7) is 2.78. The molecule has 5 rings (SSSR count). The molecule has 3 aromatic rings. The molecule has 4 amide bonds. The second-order valence-electron chi connectivity index (χ2n) is 11.3. The number of halogens is 2. The zero-order valence-corrected chi connectivity index (χ0v) is 26.3. The van der Waals surface area contributed by atoms with E-state index in [4.69, 9.17) is 21.1 Å². The fourth-order valence-corrected chi connectivity index (χ4v) is 6.07. The molecule has 2 aliphatic rings. The van der Waals surface area contributed by atoms with Crippen LogP contribution in [0, 0.1) is 18.7 Å². The summed E-state index contributed by atoms with van der Waals surface area (Å²) in [4.78, 5) is 40.2. The maximum absolute atomic E-state index is 15.5. The Morgan fingerprint density at radius 3 is 2.58 bits per heavy atom. The van der Waals surface area contributed by atoms with Gasteiger partial charge in [-0.15, -0.1) is 0 Å². The number of urea groups is 1. The van der Waals surface area contributed by atoms with E-state index in [-0.39, 0.29) is 19.1 Å². The number of nitrogens with zero attached hydrogens (tertiary/aromatic N) is 2. The average molecular weight is 639 g/mol. The molecule has 10 nitrogen and oxygen atoms in total. The number of amides is 4. The summed E-state index contributed by atoms with van der Waals surface area (Å²) < 4.78 is 26.5. The molecule has 12 heteroatoms. The largest absolute Gasteiger partial charge is 0.496 e. The van der Waals surface area contributed by atoms with Crippen molar-refractivity contribution in [3.8, 4) is 28.0 Å². The predicted molar refractivity (Wildman–Crippen MR) is 169 cm³/mol. The van der Waals surface area contributed by atoms with E-state index >= 15 is 4.39 Å². The van der Waals surface area contributed by atoms with Gasteiger partial charge in [-0.25, -0.2) is 9.18 Å². The number of hydrogen-bond acceptors (Lipinski definition) is 7. The molecule has 2 saturated heterocycles. The smallest absolute Gasteiger partial charge is 0.326 e. The van der Waals surface area contributed by atoms with Crippen LogP contribution in [0.2, 0.25) is 5.02 Å². The minimum Gasteiger partial charge on any atom is -0.496 e. The zero-order chi connectivity index (χ0) is 32.4. The first-order valence-corrected chi connectivity index (χ1v) is 15.0. The predicted octanol–water partition coefficient (Wildman–Crippen LogP) is 4.45. The molecule has 0 radical (unpaired) electrons. The molecule has 0 aromatic heterocycles. The van der Waals surface area contributed by atoms with E-state index in [1.54, 1.807) is 24.3 Å². The number of aliphatic hydroxyl groups excluding tert-OH is 1. The van der Waals surface area contributed by atoms with Gasteiger partial charge in [0.25, 0.3) is 0 Å². The van der Waals surface area contributed by atoms with Crippen LogP contribution < -0.4 is 15.4 Å². The molecule has 3 atom stereocenters. The summed E-state index contributed by atoms with van der Waals surface area (Å²) >= 11 is 6.97. The lowest BCUT2D eigenvalue weighted by Crippen LogP contribution is -2.56. The summed E-state index contributed by atoms with van der Waals surface area (Å²) in [5.74, 6) is -2.28. The van der Waals surface area contributed by atoms with Crippen LogP contribution in [0.3, 0.4) is 0 Å². The van der Waals surface area contributed by atoms with Crippen LogP contribution in [0.15, 0.2) is 48.5 Å². The van der Waals surface area contributed by atoms with Gasteiger partial charge in [0.2, 0.25) is 11.8 Å². The van der Waals surface area contributed by atoms with Gasteiger partial charge in [0.05, 0.1) is 30.9 Å². The molecule has 3 N–H and O–H groups in total. The average Bonchev–Trinajstić information content (AvgIpc) is 3.02. The summed E-state index contributed by atoms with van der Waals surface area (Å²) in [5.41, 5.74) is 4.03. The van der Waals surface area contributed by atoms with E-state index in [1.165, 1.54) is 32.2 Å². The van der Waals surface area contributed by atoms with Crippen molar-refractivity contribution in [3.63, 3.8) is 0 Å². The summed E-state index contributed by atoms with van der Waals surface area (Å²) in [5, 5.41) is 16.6. The quantitative estimate of drug-likeness (QED) is 0.312. The van der Waals surface area contributed by atoms with Crippen LogP contribution in [0.1, 0.15) is 17.5 Å². The van der Waals surface area contributed by atoms with Crippen molar-refractivity contribution in [2.75, 3.05) is 46.3 Å². The number of ether oxygens (including phenoxy) is 2. The highest BCUT2D eigenvalue weighted by atomic mass is 35.5. The van der Waals surface area contributed by atoms with Crippen molar-refractivity contribution in [1.82, 2.24) is 15.1 Å². The normalized spacial score (nSPS) is 20.4. The highest BCUT2D eigenvalue weighted by Gasteiger charge is 2.39. The van der Waals surface area contributed by atoms with Gasteiger partial charge in [-0.3, -0.25) is 14.5 Å². The van der Waals surface area contributed by atoms with Gasteiger partial charge in [-0.05, 0) is 48.2 Å². The number of benzene rings is 3. The Labute approximate surface area is 266 Å². The molecule has 45 heavy (non-hydrogen) atoms. The molecule has 1 unspecified atom stereocenters. The number of rotatable bonds is 8. The second-order valence-corrected chi connectivity index (χ2v) is 11.7. The number of methoxy groups -OCH3 is 1. The Bertz CT molecular complexity index is 1630. The maximum Gasteiger partial charge on any atom is 0.326 e. The van der Waals surface area contributed by atoms with Crippen LogP contribution in [0.4, 0.5) is 14.9 Å². The lowest BCUT2D eigenvalue weighted by atomic mass is 9.94. The zero-order valence-electron chi connectivity index (χ0n) is 25.5. The maximum atomic E-state index is 15.5. The van der Waals surface area contributed by atoms with Crippen molar-refractivity contribution >= 4 is 35.1 Å². The van der Waals surface area contributed by atoms with E-state index in [9.17, 15) is 19.5 Å². The summed E-state index contributed by atoms with van der Waals surface area (Å²) in [7, 11) is 4.36. The van der Waals surface area contributed by atoms with Crippen LogP contribution >= 0.6 is 11.6 Å². The number of hydrogen-bond donors (Lipinski definition) is 3. The number of carbonyl (C=O) groups excluding carboxylic acids is 3. The van der Waals surface area contributed by atoms with E-state index in [2.05, 4.69) is 10.6 Å². The first-order valence-electron chi connectivity index (χ1n) is 14.6. The molecule has 3 aromatic carbocycles. The Morgan fingerprint density at radius 1 is 1.13 bits per heavy atom. The number of carbonyl (C=O) groups is 3. The van der Waals surface area contributed by atoms with Crippen molar-refractivity contribution in [2.45, 2.75) is 32.0 Å². The molecule has 0 aliphatic carbocycles. The van der Waals surface area contributed by atoms with Crippen molar-refractivity contribution in [1.29, 1.82) is 0 Å². The van der Waals surface area contributed by atoms with Gasteiger partial charge in [-0.1, -0.05) is 41.9 Å². The molecule has 2 heterocycles. The third-order valence-electron chi connectivity index (χ3n) is 8.44. The monoisotopic (exact) mass is 638 g/mol. The van der Waals surface area contributed by atoms with E-state index in [1.807, 2.05) is 25.1 Å². The van der Waals surface area contributed by atoms with Crippen LogP contribution in [-0.4, -0.2) is 85.9 Å². The molecule has 0 bridgehead atoms. The van der Waals surface area contributed by atoms with Crippen molar-refractivity contribution < 1.29 is 33.4 Å². The van der Waals surface area contributed by atoms with Gasteiger partial charge in [0.1, 0.15) is 17.5 Å². The van der Waals surface area contributed by atoms with Gasteiger partial charge >= 0.3 is 6.03 Å². The summed E-state index contributed by atoms with van der Waals surface area (Å²) in [6.07, 6.45) is -0.0649. The van der Waals surface area contributed by atoms with E-state index in [0.29, 0.717) is 63.9 Å². The van der Waals surface area contributed by atoms with Gasteiger partial charge in [-0.2, -0.15) is 0 Å². The molecule has 238 valence electrons. The minimum atomic E-state index is -1.04. The number of nitrogens with one attached hydrogen (secondary N) is 2. The molecule has 2 fully saturated rings. The lowest BCUT2D eigenvalue weighted by molar-refractivity contribution is -0.140. The third kappa shape index (κ3) is 6.53. The first kappa shape index (κ1) is 32.4. The second kappa shape index (κ2) is 13.5. The lowest BCUT2D eigenvalue weighted by Gasteiger charge is -2.33. The minimum absolute atomic E-state index is 0.0216. The standard InChI is InChI=1S/C33H36ClFN4O6/c1-18-20(7-6-10-26(18)37-31(41)24-16-38(2)33(43)39(3)32(24)42)22-9-5-8-21(30(22)34)19-13-25(35)23(29(14-19)44-4)15-36-27-17-45-12-11-28(27)40/h5-10,13-14,24,27-28,36,40H,11-12,15-17H2,1-4H3,(H,37,41)/t24?,27-,28-/m1/s1. The number of imide groups is 1. The Balaban J connectivity index is 1.41. The SMILES string of the molecule is COc1cc(-c2cccc(-c3cccc(NC(=O)C4CN(C)C(=O)N(C)C4=O)c3C)c2Cl)cc(F)c1CN[C@@H]1COCC[C@H]1O. The van der Waals surface area contributed by atoms with E-state index < -0.39 is 35.7 Å². The Morgan fingerprint density at radius 2 is 1.84 bits per heavy atom. The number of aliphatic hydroxyl groups is 1. The highest BCUT2D eigenvalue weighted by molar-refractivity contribution is 6.36. The topological polar surface area (TPSA) is 120 Å². The number of anilines is 1.